The van der Waals surface area contributed by atoms with Gasteiger partial charge in [0.1, 0.15) is 5.75 Å². The summed E-state index contributed by atoms with van der Waals surface area (Å²) in [6.07, 6.45) is 0.934. The van der Waals surface area contributed by atoms with Crippen LogP contribution < -0.4 is 10.1 Å². The SMILES string of the molecule is CCNCC(C)COc1ccc(Cl)c(CC)c1. The van der Waals surface area contributed by atoms with Crippen LogP contribution in [0.25, 0.3) is 0 Å². The van der Waals surface area contributed by atoms with E-state index < -0.39 is 0 Å². The van der Waals surface area contributed by atoms with E-state index in [-0.39, 0.29) is 0 Å². The Morgan fingerprint density at radius 3 is 2.76 bits per heavy atom. The summed E-state index contributed by atoms with van der Waals surface area (Å²) < 4.78 is 5.76. The van der Waals surface area contributed by atoms with Crippen LogP contribution in [-0.2, 0) is 6.42 Å². The van der Waals surface area contributed by atoms with Crippen molar-refractivity contribution < 1.29 is 4.74 Å². The topological polar surface area (TPSA) is 21.3 Å². The van der Waals surface area contributed by atoms with Gasteiger partial charge in [-0.2, -0.15) is 0 Å². The molecule has 0 amide bonds. The first-order valence-corrected chi connectivity index (χ1v) is 6.67. The zero-order valence-electron chi connectivity index (χ0n) is 10.9. The first-order valence-electron chi connectivity index (χ1n) is 6.29. The average molecular weight is 256 g/mol. The van der Waals surface area contributed by atoms with Crippen molar-refractivity contribution in [3.63, 3.8) is 0 Å². The number of hydrogen-bond acceptors (Lipinski definition) is 2. The van der Waals surface area contributed by atoms with Crippen molar-refractivity contribution in [2.24, 2.45) is 5.92 Å². The predicted molar refractivity (Wildman–Crippen MR) is 74.0 cm³/mol. The van der Waals surface area contributed by atoms with Gasteiger partial charge < -0.3 is 10.1 Å². The van der Waals surface area contributed by atoms with Gasteiger partial charge in [-0.25, -0.2) is 0 Å². The third-order valence-electron chi connectivity index (χ3n) is 2.68. The second kappa shape index (κ2) is 7.57. The van der Waals surface area contributed by atoms with Crippen molar-refractivity contribution in [2.75, 3.05) is 19.7 Å². The summed E-state index contributed by atoms with van der Waals surface area (Å²) >= 11 is 6.06. The van der Waals surface area contributed by atoms with Crippen LogP contribution in [0.4, 0.5) is 0 Å². The van der Waals surface area contributed by atoms with Gasteiger partial charge in [0.2, 0.25) is 0 Å². The lowest BCUT2D eigenvalue weighted by Gasteiger charge is -2.14. The third kappa shape index (κ3) is 4.97. The molecule has 1 aromatic rings. The molecule has 96 valence electrons. The van der Waals surface area contributed by atoms with E-state index in [2.05, 4.69) is 26.1 Å². The molecule has 0 radical (unpaired) electrons. The second-order valence-electron chi connectivity index (χ2n) is 4.33. The lowest BCUT2D eigenvalue weighted by Crippen LogP contribution is -2.24. The smallest absolute Gasteiger partial charge is 0.119 e. The molecular weight excluding hydrogens is 234 g/mol. The van der Waals surface area contributed by atoms with Gasteiger partial charge in [-0.1, -0.05) is 32.4 Å². The largest absolute Gasteiger partial charge is 0.493 e. The van der Waals surface area contributed by atoms with E-state index in [1.807, 2.05) is 18.2 Å². The normalized spacial score (nSPS) is 12.5. The molecular formula is C14H22ClNO. The maximum Gasteiger partial charge on any atom is 0.119 e. The maximum atomic E-state index is 6.06. The van der Waals surface area contributed by atoms with Crippen molar-refractivity contribution in [2.45, 2.75) is 27.2 Å². The molecule has 3 heteroatoms. The number of hydrogen-bond donors (Lipinski definition) is 1. The molecule has 0 saturated carbocycles. The van der Waals surface area contributed by atoms with E-state index >= 15 is 0 Å². The Morgan fingerprint density at radius 2 is 2.12 bits per heavy atom. The first-order chi connectivity index (χ1) is 8.17. The van der Waals surface area contributed by atoms with Crippen LogP contribution in [0.3, 0.4) is 0 Å². The molecule has 0 fully saturated rings. The highest BCUT2D eigenvalue weighted by atomic mass is 35.5. The maximum absolute atomic E-state index is 6.06. The van der Waals surface area contributed by atoms with Gasteiger partial charge in [-0.05, 0) is 36.7 Å². The van der Waals surface area contributed by atoms with Crippen LogP contribution in [0, 0.1) is 5.92 Å². The average Bonchev–Trinajstić information content (AvgIpc) is 2.35. The Morgan fingerprint density at radius 1 is 1.35 bits per heavy atom. The molecule has 2 nitrogen and oxygen atoms in total. The molecule has 0 bridgehead atoms. The molecule has 1 unspecified atom stereocenters. The molecule has 0 aliphatic heterocycles. The van der Waals surface area contributed by atoms with Gasteiger partial charge in [0, 0.05) is 17.5 Å². The van der Waals surface area contributed by atoms with Gasteiger partial charge >= 0.3 is 0 Å². The number of aryl methyl sites for hydroxylation is 1. The fourth-order valence-electron chi connectivity index (χ4n) is 1.60. The van der Waals surface area contributed by atoms with Crippen LogP contribution >= 0.6 is 11.6 Å². The summed E-state index contributed by atoms with van der Waals surface area (Å²) in [5, 5.41) is 4.13. The van der Waals surface area contributed by atoms with Crippen molar-refractivity contribution in [3.8, 4) is 5.75 Å². The molecule has 0 saturated heterocycles. The minimum absolute atomic E-state index is 0.510. The highest BCUT2D eigenvalue weighted by Gasteiger charge is 2.04. The van der Waals surface area contributed by atoms with Gasteiger partial charge in [0.05, 0.1) is 6.61 Å². The monoisotopic (exact) mass is 255 g/mol. The summed E-state index contributed by atoms with van der Waals surface area (Å²) in [6, 6.07) is 5.87. The Labute approximate surface area is 109 Å². The molecule has 0 aliphatic carbocycles. The summed E-state index contributed by atoms with van der Waals surface area (Å²) in [7, 11) is 0. The Bertz CT molecular complexity index is 341. The van der Waals surface area contributed by atoms with E-state index in [1.165, 1.54) is 0 Å². The molecule has 1 atom stereocenters. The molecule has 0 aliphatic rings. The summed E-state index contributed by atoms with van der Waals surface area (Å²) in [6.45, 7) is 9.12. The third-order valence-corrected chi connectivity index (χ3v) is 3.04. The first kappa shape index (κ1) is 14.3. The van der Waals surface area contributed by atoms with Crippen LogP contribution in [0.15, 0.2) is 18.2 Å². The standard InChI is InChI=1S/C14H22ClNO/c1-4-12-8-13(6-7-14(12)15)17-10-11(3)9-16-5-2/h6-8,11,16H,4-5,9-10H2,1-3H3. The van der Waals surface area contributed by atoms with E-state index in [1.54, 1.807) is 0 Å². The quantitative estimate of drug-likeness (QED) is 0.805. The summed E-state index contributed by atoms with van der Waals surface area (Å²) in [4.78, 5) is 0. The zero-order valence-corrected chi connectivity index (χ0v) is 11.7. The fraction of sp³-hybridized carbons (Fsp3) is 0.571. The van der Waals surface area contributed by atoms with Gasteiger partial charge in [0.25, 0.3) is 0 Å². The van der Waals surface area contributed by atoms with Crippen LogP contribution in [0.2, 0.25) is 5.02 Å². The Balaban J connectivity index is 2.46. The van der Waals surface area contributed by atoms with Crippen molar-refractivity contribution in [3.05, 3.63) is 28.8 Å². The number of benzene rings is 1. The van der Waals surface area contributed by atoms with Gasteiger partial charge in [-0.3, -0.25) is 0 Å². The van der Waals surface area contributed by atoms with E-state index in [0.29, 0.717) is 5.92 Å². The lowest BCUT2D eigenvalue weighted by molar-refractivity contribution is 0.256. The number of rotatable bonds is 7. The highest BCUT2D eigenvalue weighted by Crippen LogP contribution is 2.22. The number of halogens is 1. The lowest BCUT2D eigenvalue weighted by atomic mass is 10.1. The van der Waals surface area contributed by atoms with E-state index in [0.717, 1.165) is 42.5 Å². The van der Waals surface area contributed by atoms with Crippen LogP contribution in [-0.4, -0.2) is 19.7 Å². The fourth-order valence-corrected chi connectivity index (χ4v) is 1.85. The van der Waals surface area contributed by atoms with Gasteiger partial charge in [0.15, 0.2) is 0 Å². The zero-order chi connectivity index (χ0) is 12.7. The van der Waals surface area contributed by atoms with E-state index in [4.69, 9.17) is 16.3 Å². The predicted octanol–water partition coefficient (Wildman–Crippen LogP) is 3.53. The summed E-state index contributed by atoms with van der Waals surface area (Å²) in [5.74, 6) is 1.42. The minimum Gasteiger partial charge on any atom is -0.493 e. The molecule has 0 aromatic heterocycles. The molecule has 0 spiro atoms. The van der Waals surface area contributed by atoms with Crippen LogP contribution in [0.5, 0.6) is 5.75 Å². The van der Waals surface area contributed by atoms with Crippen LogP contribution in [0.1, 0.15) is 26.3 Å². The summed E-state index contributed by atoms with van der Waals surface area (Å²) in [5.41, 5.74) is 1.14. The molecule has 1 rings (SSSR count). The molecule has 1 N–H and O–H groups in total. The molecule has 17 heavy (non-hydrogen) atoms. The Kier molecular flexibility index (Phi) is 6.38. The Hall–Kier alpha value is -0.730. The highest BCUT2D eigenvalue weighted by molar-refractivity contribution is 6.31. The van der Waals surface area contributed by atoms with E-state index in [9.17, 15) is 0 Å². The van der Waals surface area contributed by atoms with Crippen molar-refractivity contribution in [1.82, 2.24) is 5.32 Å². The number of ether oxygens (including phenoxy) is 1. The van der Waals surface area contributed by atoms with Crippen molar-refractivity contribution >= 4 is 11.6 Å². The molecule has 0 heterocycles. The molecule has 1 aromatic carbocycles. The van der Waals surface area contributed by atoms with Gasteiger partial charge in [-0.15, -0.1) is 0 Å². The van der Waals surface area contributed by atoms with Crippen molar-refractivity contribution in [1.29, 1.82) is 0 Å². The minimum atomic E-state index is 0.510. The second-order valence-corrected chi connectivity index (χ2v) is 4.74. The number of nitrogens with one attached hydrogen (secondary N) is 1.